The van der Waals surface area contributed by atoms with Gasteiger partial charge in [0.25, 0.3) is 0 Å². The van der Waals surface area contributed by atoms with Crippen molar-refractivity contribution < 1.29 is 9.53 Å². The lowest BCUT2D eigenvalue weighted by Crippen LogP contribution is -2.47. The number of para-hydroxylation sites is 1. The van der Waals surface area contributed by atoms with Crippen molar-refractivity contribution in [3.63, 3.8) is 0 Å². The van der Waals surface area contributed by atoms with Crippen LogP contribution >= 0.6 is 0 Å². The lowest BCUT2D eigenvalue weighted by molar-refractivity contribution is -0.140. The highest BCUT2D eigenvalue weighted by atomic mass is 16.5. The van der Waals surface area contributed by atoms with Crippen LogP contribution in [-0.2, 0) is 9.53 Å². The van der Waals surface area contributed by atoms with Crippen LogP contribution in [-0.4, -0.2) is 68.2 Å². The third-order valence-corrected chi connectivity index (χ3v) is 6.01. The van der Waals surface area contributed by atoms with Gasteiger partial charge >= 0.3 is 0 Å². The minimum atomic E-state index is 0.0744. The summed E-state index contributed by atoms with van der Waals surface area (Å²) in [6, 6.07) is 9.82. The zero-order valence-corrected chi connectivity index (χ0v) is 16.8. The van der Waals surface area contributed by atoms with Gasteiger partial charge in [-0.1, -0.05) is 12.1 Å². The van der Waals surface area contributed by atoms with E-state index in [4.69, 9.17) is 4.74 Å². The third-order valence-electron chi connectivity index (χ3n) is 6.01. The van der Waals surface area contributed by atoms with Crippen LogP contribution in [0.5, 0.6) is 0 Å². The van der Waals surface area contributed by atoms with Gasteiger partial charge in [-0.15, -0.1) is 9.89 Å². The van der Waals surface area contributed by atoms with E-state index in [9.17, 15) is 4.79 Å². The second-order valence-corrected chi connectivity index (χ2v) is 7.80. The average Bonchev–Trinajstić information content (AvgIpc) is 3.24. The second kappa shape index (κ2) is 8.35. The number of aromatic nitrogens is 5. The van der Waals surface area contributed by atoms with Gasteiger partial charge in [-0.25, -0.2) is 15.0 Å². The van der Waals surface area contributed by atoms with E-state index in [1.165, 1.54) is 0 Å². The van der Waals surface area contributed by atoms with Crippen LogP contribution in [0.25, 0.3) is 11.0 Å². The molecule has 2 fully saturated rings. The van der Waals surface area contributed by atoms with Crippen molar-refractivity contribution in [1.29, 1.82) is 0 Å². The van der Waals surface area contributed by atoms with Crippen LogP contribution in [0.1, 0.15) is 25.7 Å². The predicted octanol–water partition coefficient (Wildman–Crippen LogP) is 1.91. The Balaban J connectivity index is 1.38. The number of nitrogens with zero attached hydrogens (tertiary/aromatic N) is 7. The lowest BCUT2D eigenvalue weighted by Gasteiger charge is -2.37. The number of morpholine rings is 1. The molecule has 0 radical (unpaired) electrons. The molecule has 2 aliphatic rings. The molecule has 0 unspecified atom stereocenters. The number of ether oxygens (including phenoxy) is 1. The molecule has 0 N–H and O–H groups in total. The Kier molecular flexibility index (Phi) is 5.27. The van der Waals surface area contributed by atoms with Gasteiger partial charge < -0.3 is 9.64 Å². The van der Waals surface area contributed by atoms with Gasteiger partial charge in [-0.05, 0) is 49.1 Å². The quantitative estimate of drug-likeness (QED) is 0.653. The van der Waals surface area contributed by atoms with E-state index in [-0.39, 0.29) is 17.9 Å². The molecule has 2 aromatic heterocycles. The second-order valence-electron chi connectivity index (χ2n) is 7.80. The first-order valence-corrected chi connectivity index (χ1v) is 10.5. The molecular weight excluding hydrogens is 382 g/mol. The van der Waals surface area contributed by atoms with Gasteiger partial charge in [0, 0.05) is 31.4 Å². The number of carbonyl (C=O) groups excluding carboxylic acids is 1. The van der Waals surface area contributed by atoms with Crippen LogP contribution in [0.15, 0.2) is 42.7 Å². The first-order chi connectivity index (χ1) is 14.8. The number of hydrogen-bond donors (Lipinski definition) is 0. The molecule has 9 nitrogen and oxygen atoms in total. The number of hydrogen-bond acceptors (Lipinski definition) is 7. The maximum atomic E-state index is 12.9. The molecule has 3 heterocycles. The third kappa shape index (κ3) is 3.60. The molecule has 1 aliphatic heterocycles. The zero-order chi connectivity index (χ0) is 20.3. The number of benzene rings is 1. The van der Waals surface area contributed by atoms with Gasteiger partial charge in [0.1, 0.15) is 11.0 Å². The minimum absolute atomic E-state index is 0.0744. The molecule has 5 rings (SSSR count). The molecule has 156 valence electrons. The van der Waals surface area contributed by atoms with Crippen LogP contribution < -0.4 is 5.01 Å². The monoisotopic (exact) mass is 407 g/mol. The van der Waals surface area contributed by atoms with Gasteiger partial charge in [-0.3, -0.25) is 4.79 Å². The Labute approximate surface area is 174 Å². The smallest absolute Gasteiger partial charge is 0.246 e. The van der Waals surface area contributed by atoms with Gasteiger partial charge in [0.05, 0.1) is 19.3 Å². The van der Waals surface area contributed by atoms with Crippen LogP contribution in [0.3, 0.4) is 0 Å². The summed E-state index contributed by atoms with van der Waals surface area (Å²) in [6.45, 7) is 2.68. The van der Waals surface area contributed by atoms with Crippen LogP contribution in [0.2, 0.25) is 0 Å². The molecule has 0 spiro atoms. The van der Waals surface area contributed by atoms with E-state index in [0.717, 1.165) is 36.7 Å². The summed E-state index contributed by atoms with van der Waals surface area (Å²) in [4.78, 5) is 25.6. The lowest BCUT2D eigenvalue weighted by atomic mass is 9.85. The van der Waals surface area contributed by atoms with Gasteiger partial charge in [0.15, 0.2) is 0 Å². The Morgan fingerprint density at radius 3 is 2.50 bits per heavy atom. The molecule has 1 aliphatic carbocycles. The van der Waals surface area contributed by atoms with Crippen molar-refractivity contribution in [2.24, 2.45) is 5.92 Å². The molecule has 1 amide bonds. The van der Waals surface area contributed by atoms with E-state index in [0.29, 0.717) is 32.3 Å². The largest absolute Gasteiger partial charge is 0.378 e. The molecule has 3 aromatic rings. The fourth-order valence-corrected chi connectivity index (χ4v) is 4.44. The van der Waals surface area contributed by atoms with Crippen LogP contribution in [0.4, 0.5) is 5.95 Å². The van der Waals surface area contributed by atoms with E-state index >= 15 is 0 Å². The van der Waals surface area contributed by atoms with E-state index in [1.807, 2.05) is 34.2 Å². The van der Waals surface area contributed by atoms with Gasteiger partial charge in [-0.2, -0.15) is 0 Å². The predicted molar refractivity (Wildman–Crippen MR) is 111 cm³/mol. The summed E-state index contributed by atoms with van der Waals surface area (Å²) < 4.78 is 5.38. The molecular formula is C21H25N7O2. The molecule has 1 saturated heterocycles. The summed E-state index contributed by atoms with van der Waals surface area (Å²) >= 11 is 0. The molecule has 30 heavy (non-hydrogen) atoms. The highest BCUT2D eigenvalue weighted by Gasteiger charge is 2.34. The number of carbonyl (C=O) groups is 1. The number of amides is 1. The van der Waals surface area contributed by atoms with E-state index < -0.39 is 0 Å². The zero-order valence-electron chi connectivity index (χ0n) is 16.8. The van der Waals surface area contributed by atoms with E-state index in [1.54, 1.807) is 23.3 Å². The highest BCUT2D eigenvalue weighted by molar-refractivity contribution is 5.79. The Morgan fingerprint density at radius 1 is 1.00 bits per heavy atom. The first-order valence-electron chi connectivity index (χ1n) is 10.5. The summed E-state index contributed by atoms with van der Waals surface area (Å²) in [5, 5.41) is 10.7. The maximum Gasteiger partial charge on any atom is 0.246 e. The first kappa shape index (κ1) is 18.9. The molecule has 1 aromatic carbocycles. The summed E-state index contributed by atoms with van der Waals surface area (Å²) in [5.74, 6) is 0.937. The fourth-order valence-electron chi connectivity index (χ4n) is 4.44. The van der Waals surface area contributed by atoms with Crippen LogP contribution in [0, 0.1) is 5.92 Å². The highest BCUT2D eigenvalue weighted by Crippen LogP contribution is 2.31. The molecule has 1 saturated carbocycles. The van der Waals surface area contributed by atoms with Gasteiger partial charge in [0.2, 0.25) is 11.9 Å². The van der Waals surface area contributed by atoms with Crippen molar-refractivity contribution in [2.45, 2.75) is 31.7 Å². The van der Waals surface area contributed by atoms with Crippen molar-refractivity contribution in [3.8, 4) is 0 Å². The molecule has 0 atom stereocenters. The number of fused-ring (bicyclic) bond motifs is 1. The SMILES string of the molecule is O=C(C1CCC(N(c2ncccn2)n2nnc3ccccc32)CC1)N1CCOCC1. The topological polar surface area (TPSA) is 89.3 Å². The molecule has 0 bridgehead atoms. The number of anilines is 1. The van der Waals surface area contributed by atoms with E-state index in [2.05, 4.69) is 20.3 Å². The van der Waals surface area contributed by atoms with Crippen molar-refractivity contribution in [3.05, 3.63) is 42.7 Å². The minimum Gasteiger partial charge on any atom is -0.378 e. The number of rotatable bonds is 4. The normalized spacial score (nSPS) is 22.2. The fraction of sp³-hybridized carbons (Fsp3) is 0.476. The molecule has 9 heteroatoms. The van der Waals surface area contributed by atoms with Crippen molar-refractivity contribution >= 4 is 22.9 Å². The summed E-state index contributed by atoms with van der Waals surface area (Å²) in [6.07, 6.45) is 6.90. The summed E-state index contributed by atoms with van der Waals surface area (Å²) in [5.41, 5.74) is 1.74. The average molecular weight is 407 g/mol. The summed E-state index contributed by atoms with van der Waals surface area (Å²) in [7, 11) is 0. The Bertz CT molecular complexity index is 995. The maximum absolute atomic E-state index is 12.9. The standard InChI is InChI=1S/C21H25N7O2/c29-20(26-12-14-30-15-13-26)16-6-8-17(9-7-16)27(21-22-10-3-11-23-21)28-19-5-2-1-4-18(19)24-25-28/h1-5,10-11,16-17H,6-9,12-15H2. The van der Waals surface area contributed by atoms with Crippen molar-refractivity contribution in [2.75, 3.05) is 31.3 Å². The Morgan fingerprint density at radius 2 is 1.73 bits per heavy atom. The van der Waals surface area contributed by atoms with Crippen molar-refractivity contribution in [1.82, 2.24) is 30.0 Å². The Hall–Kier alpha value is -3.07.